The molecule has 0 atom stereocenters. The molecule has 6 nitrogen and oxygen atoms in total. The van der Waals surface area contributed by atoms with E-state index >= 15 is 4.39 Å². The molecular weight excluding hydrogens is 431 g/mol. The van der Waals surface area contributed by atoms with Crippen LogP contribution in [0.4, 0.5) is 4.39 Å². The second-order valence-corrected chi connectivity index (χ2v) is 9.24. The van der Waals surface area contributed by atoms with Crippen molar-refractivity contribution in [3.8, 4) is 29.0 Å². The Morgan fingerprint density at radius 1 is 1.12 bits per heavy atom. The lowest BCUT2D eigenvalue weighted by atomic mass is 9.93. The third-order valence-electron chi connectivity index (χ3n) is 7.31. The van der Waals surface area contributed by atoms with Crippen LogP contribution in [0, 0.1) is 17.1 Å². The Morgan fingerprint density at radius 2 is 1.91 bits per heavy atom. The number of nitrogens with zero attached hydrogens (tertiary/aromatic N) is 4. The van der Waals surface area contributed by atoms with Crippen molar-refractivity contribution in [2.24, 2.45) is 0 Å². The smallest absolute Gasteiger partial charge is 0.317 e. The second kappa shape index (κ2) is 7.93. The molecule has 0 amide bonds. The number of aromatic nitrogens is 2. The summed E-state index contributed by atoms with van der Waals surface area (Å²) >= 11 is 0. The SMILES string of the molecule is N#Cc1cc2cnc(OCC34CCCN3CCC4)nc2c(F)c1-c1cc(O)cc2ccccc12. The highest BCUT2D eigenvalue weighted by atomic mass is 19.1. The maximum atomic E-state index is 16.0. The van der Waals surface area contributed by atoms with E-state index in [4.69, 9.17) is 4.74 Å². The number of ether oxygens (including phenoxy) is 1. The average molecular weight is 455 g/mol. The first-order valence-corrected chi connectivity index (χ1v) is 11.6. The molecule has 2 aliphatic heterocycles. The van der Waals surface area contributed by atoms with Crippen LogP contribution in [-0.4, -0.2) is 45.2 Å². The summed E-state index contributed by atoms with van der Waals surface area (Å²) in [6.45, 7) is 2.67. The Hall–Kier alpha value is -3.76. The highest BCUT2D eigenvalue weighted by Gasteiger charge is 2.45. The lowest BCUT2D eigenvalue weighted by Gasteiger charge is -2.31. The van der Waals surface area contributed by atoms with E-state index in [-0.39, 0.29) is 33.9 Å². The summed E-state index contributed by atoms with van der Waals surface area (Å²) in [5.74, 6) is -0.626. The van der Waals surface area contributed by atoms with Crippen LogP contribution in [0.2, 0.25) is 0 Å². The van der Waals surface area contributed by atoms with E-state index in [0.717, 1.165) is 49.5 Å². The van der Waals surface area contributed by atoms with Crippen LogP contribution in [0.25, 0.3) is 32.8 Å². The summed E-state index contributed by atoms with van der Waals surface area (Å²) in [5, 5.41) is 22.0. The van der Waals surface area contributed by atoms with Crippen LogP contribution < -0.4 is 4.74 Å². The molecule has 170 valence electrons. The van der Waals surface area contributed by atoms with Crippen molar-refractivity contribution >= 4 is 21.7 Å². The zero-order chi connectivity index (χ0) is 23.3. The standard InChI is InChI=1S/C27H23FN4O2/c28-24-23(22-13-20(33)12-17-5-1-2-6-21(17)22)18(14-29)11-19-15-30-26(31-25(19)24)34-16-27-7-3-9-32(27)10-4-8-27/h1-2,5-6,11-13,15,33H,3-4,7-10,16H2. The van der Waals surface area contributed by atoms with E-state index in [2.05, 4.69) is 20.9 Å². The Morgan fingerprint density at radius 3 is 2.71 bits per heavy atom. The fraction of sp³-hybridized carbons (Fsp3) is 0.296. The van der Waals surface area contributed by atoms with Crippen molar-refractivity contribution in [1.29, 1.82) is 5.26 Å². The third-order valence-corrected chi connectivity index (χ3v) is 7.31. The maximum absolute atomic E-state index is 16.0. The van der Waals surface area contributed by atoms with Crippen molar-refractivity contribution in [1.82, 2.24) is 14.9 Å². The van der Waals surface area contributed by atoms with E-state index in [9.17, 15) is 10.4 Å². The van der Waals surface area contributed by atoms with Crippen LogP contribution in [0.5, 0.6) is 11.8 Å². The summed E-state index contributed by atoms with van der Waals surface area (Å²) in [7, 11) is 0. The van der Waals surface area contributed by atoms with Crippen molar-refractivity contribution in [2.45, 2.75) is 31.2 Å². The van der Waals surface area contributed by atoms with Crippen molar-refractivity contribution in [3.05, 3.63) is 60.0 Å². The van der Waals surface area contributed by atoms with E-state index in [1.54, 1.807) is 12.1 Å². The molecule has 0 unspecified atom stereocenters. The van der Waals surface area contributed by atoms with Crippen LogP contribution in [-0.2, 0) is 0 Å². The van der Waals surface area contributed by atoms with E-state index in [1.807, 2.05) is 24.3 Å². The van der Waals surface area contributed by atoms with Crippen LogP contribution in [0.1, 0.15) is 31.2 Å². The maximum Gasteiger partial charge on any atom is 0.317 e. The molecule has 2 saturated heterocycles. The number of rotatable bonds is 4. The van der Waals surface area contributed by atoms with Gasteiger partial charge in [-0.25, -0.2) is 9.37 Å². The number of hydrogen-bond acceptors (Lipinski definition) is 6. The molecule has 1 aromatic heterocycles. The first kappa shape index (κ1) is 20.8. The van der Waals surface area contributed by atoms with Crippen LogP contribution >= 0.6 is 0 Å². The number of fused-ring (bicyclic) bond motifs is 3. The van der Waals surface area contributed by atoms with Gasteiger partial charge in [0, 0.05) is 17.1 Å². The highest BCUT2D eigenvalue weighted by Crippen LogP contribution is 2.40. The first-order valence-electron chi connectivity index (χ1n) is 11.6. The fourth-order valence-electron chi connectivity index (χ4n) is 5.70. The molecule has 1 N–H and O–H groups in total. The Bertz CT molecular complexity index is 1470. The topological polar surface area (TPSA) is 82.3 Å². The molecule has 0 aliphatic carbocycles. The molecule has 7 heteroatoms. The molecule has 3 aromatic carbocycles. The number of phenols is 1. The number of aromatic hydroxyl groups is 1. The third kappa shape index (κ3) is 3.25. The van der Waals surface area contributed by atoms with Gasteiger partial charge in [-0.05, 0) is 73.3 Å². The minimum atomic E-state index is -0.626. The molecular formula is C27H23FN4O2. The quantitative estimate of drug-likeness (QED) is 0.458. The number of phenolic OH excluding ortho intramolecular Hbond substituents is 1. The van der Waals surface area contributed by atoms with Gasteiger partial charge in [0.05, 0.1) is 17.2 Å². The largest absolute Gasteiger partial charge is 0.508 e. The number of nitriles is 1. The Balaban J connectivity index is 1.45. The van der Waals surface area contributed by atoms with Crippen molar-refractivity contribution < 1.29 is 14.2 Å². The lowest BCUT2D eigenvalue weighted by molar-refractivity contribution is 0.108. The van der Waals surface area contributed by atoms with Gasteiger partial charge in [-0.3, -0.25) is 4.90 Å². The minimum absolute atomic E-state index is 0.000680. The molecule has 4 aromatic rings. The number of hydrogen-bond donors (Lipinski definition) is 1. The van der Waals surface area contributed by atoms with Crippen molar-refractivity contribution in [2.75, 3.05) is 19.7 Å². The predicted octanol–water partition coefficient (Wildman–Crippen LogP) is 5.17. The van der Waals surface area contributed by atoms with Gasteiger partial charge < -0.3 is 9.84 Å². The van der Waals surface area contributed by atoms with Gasteiger partial charge in [0.25, 0.3) is 0 Å². The van der Waals surface area contributed by atoms with E-state index in [1.165, 1.54) is 12.3 Å². The van der Waals surface area contributed by atoms with Crippen LogP contribution in [0.3, 0.4) is 0 Å². The lowest BCUT2D eigenvalue weighted by Crippen LogP contribution is -2.43. The molecule has 0 spiro atoms. The summed E-state index contributed by atoms with van der Waals surface area (Å²) in [6.07, 6.45) is 6.01. The summed E-state index contributed by atoms with van der Waals surface area (Å²) < 4.78 is 22.0. The monoisotopic (exact) mass is 454 g/mol. The molecule has 34 heavy (non-hydrogen) atoms. The van der Waals surface area contributed by atoms with Gasteiger partial charge in [-0.1, -0.05) is 24.3 Å². The number of benzene rings is 3. The van der Waals surface area contributed by atoms with Gasteiger partial charge in [0.2, 0.25) is 0 Å². The molecule has 2 aliphatic rings. The predicted molar refractivity (Wildman–Crippen MR) is 127 cm³/mol. The highest BCUT2D eigenvalue weighted by molar-refractivity contribution is 6.01. The first-order chi connectivity index (χ1) is 16.6. The zero-order valence-electron chi connectivity index (χ0n) is 18.6. The molecule has 0 bridgehead atoms. The van der Waals surface area contributed by atoms with Gasteiger partial charge in [-0.15, -0.1) is 0 Å². The van der Waals surface area contributed by atoms with Crippen molar-refractivity contribution in [3.63, 3.8) is 0 Å². The molecule has 3 heterocycles. The Labute approximate surface area is 196 Å². The van der Waals surface area contributed by atoms with Gasteiger partial charge in [0.15, 0.2) is 5.82 Å². The van der Waals surface area contributed by atoms with E-state index in [0.29, 0.717) is 17.6 Å². The normalized spacial score (nSPS) is 17.2. The Kier molecular flexibility index (Phi) is 4.85. The minimum Gasteiger partial charge on any atom is -0.508 e. The second-order valence-electron chi connectivity index (χ2n) is 9.24. The van der Waals surface area contributed by atoms with Gasteiger partial charge in [-0.2, -0.15) is 10.2 Å². The van der Waals surface area contributed by atoms with Gasteiger partial charge in [0.1, 0.15) is 17.9 Å². The molecule has 6 rings (SSSR count). The fourth-order valence-corrected chi connectivity index (χ4v) is 5.70. The summed E-state index contributed by atoms with van der Waals surface area (Å²) in [6, 6.07) is 14.3. The number of halogens is 1. The van der Waals surface area contributed by atoms with Crippen LogP contribution in [0.15, 0.2) is 48.7 Å². The average Bonchev–Trinajstić information content (AvgIpc) is 3.43. The van der Waals surface area contributed by atoms with E-state index < -0.39 is 5.82 Å². The summed E-state index contributed by atoms with van der Waals surface area (Å²) in [5.41, 5.74) is 0.845. The molecule has 0 radical (unpaired) electrons. The zero-order valence-corrected chi connectivity index (χ0v) is 18.6. The summed E-state index contributed by atoms with van der Waals surface area (Å²) in [4.78, 5) is 11.2. The van der Waals surface area contributed by atoms with Gasteiger partial charge >= 0.3 is 6.01 Å². The molecule has 0 saturated carbocycles. The molecule has 2 fully saturated rings.